The molecule has 2 N–H and O–H groups in total. The van der Waals surface area contributed by atoms with Crippen molar-refractivity contribution in [2.75, 3.05) is 13.2 Å². The monoisotopic (exact) mass is 373 g/mol. The number of hydrogen-bond donors (Lipinski definition) is 1. The first-order valence-electron chi connectivity index (χ1n) is 9.74. The quantitative estimate of drug-likeness (QED) is 0.624. The van der Waals surface area contributed by atoms with Gasteiger partial charge in [-0.2, -0.15) is 0 Å². The number of ether oxygens (including phenoxy) is 1. The predicted molar refractivity (Wildman–Crippen MR) is 99.6 cm³/mol. The van der Waals surface area contributed by atoms with Gasteiger partial charge in [-0.25, -0.2) is 4.79 Å². The molecule has 0 bridgehead atoms. The van der Waals surface area contributed by atoms with Gasteiger partial charge in [0.2, 0.25) is 17.4 Å². The molecule has 0 radical (unpaired) electrons. The van der Waals surface area contributed by atoms with Gasteiger partial charge in [-0.05, 0) is 25.3 Å². The summed E-state index contributed by atoms with van der Waals surface area (Å²) in [7, 11) is 0. The Balaban J connectivity index is 2.04. The van der Waals surface area contributed by atoms with Crippen molar-refractivity contribution in [3.8, 4) is 0 Å². The van der Waals surface area contributed by atoms with E-state index in [4.69, 9.17) is 4.74 Å². The summed E-state index contributed by atoms with van der Waals surface area (Å²) in [6.45, 7) is 10.1. The van der Waals surface area contributed by atoms with Crippen molar-refractivity contribution >= 4 is 17.8 Å². The van der Waals surface area contributed by atoms with E-state index in [0.717, 1.165) is 5.56 Å². The lowest BCUT2D eigenvalue weighted by Crippen LogP contribution is -2.97. The van der Waals surface area contributed by atoms with Gasteiger partial charge in [0, 0.05) is 19.0 Å². The Kier molecular flexibility index (Phi) is 5.12. The molecule has 2 saturated heterocycles. The molecule has 4 atom stereocenters. The highest BCUT2D eigenvalue weighted by Gasteiger charge is 2.70. The van der Waals surface area contributed by atoms with Crippen molar-refractivity contribution in [3.63, 3.8) is 0 Å². The first-order chi connectivity index (χ1) is 12.8. The molecule has 2 fully saturated rings. The van der Waals surface area contributed by atoms with E-state index in [1.54, 1.807) is 20.8 Å². The zero-order valence-corrected chi connectivity index (χ0v) is 16.7. The van der Waals surface area contributed by atoms with E-state index in [0.29, 0.717) is 12.5 Å². The predicted octanol–water partition coefficient (Wildman–Crippen LogP) is 1.37. The average molecular weight is 373 g/mol. The molecule has 2 heterocycles. The second-order valence-corrected chi connectivity index (χ2v) is 7.94. The van der Waals surface area contributed by atoms with Gasteiger partial charge in [-0.1, -0.05) is 38.1 Å². The van der Waals surface area contributed by atoms with Gasteiger partial charge in [-0.15, -0.1) is 0 Å². The maximum atomic E-state index is 13.0. The van der Waals surface area contributed by atoms with Crippen molar-refractivity contribution in [1.82, 2.24) is 4.90 Å². The molecule has 1 aromatic carbocycles. The maximum absolute atomic E-state index is 13.0. The highest BCUT2D eigenvalue weighted by molar-refractivity contribution is 6.08. The van der Waals surface area contributed by atoms with E-state index in [1.807, 2.05) is 17.4 Å². The molecule has 3 rings (SSSR count). The van der Waals surface area contributed by atoms with Crippen LogP contribution in [-0.4, -0.2) is 41.4 Å². The van der Waals surface area contributed by atoms with E-state index in [9.17, 15) is 14.4 Å². The lowest BCUT2D eigenvalue weighted by molar-refractivity contribution is -0.731. The van der Waals surface area contributed by atoms with Crippen LogP contribution in [0.5, 0.6) is 0 Å². The van der Waals surface area contributed by atoms with E-state index < -0.39 is 23.3 Å². The normalized spacial score (nSPS) is 30.1. The summed E-state index contributed by atoms with van der Waals surface area (Å²) in [6, 6.07) is 7.86. The highest BCUT2D eigenvalue weighted by atomic mass is 16.5. The Labute approximate surface area is 160 Å². The molecular weight excluding hydrogens is 344 g/mol. The molecular formula is C21H29N2O4+. The fraction of sp³-hybridized carbons (Fsp3) is 0.571. The molecule has 0 aromatic heterocycles. The minimum atomic E-state index is -1.10. The van der Waals surface area contributed by atoms with Gasteiger partial charge in [0.05, 0.1) is 6.61 Å². The van der Waals surface area contributed by atoms with Crippen molar-refractivity contribution in [2.24, 2.45) is 11.8 Å². The first kappa shape index (κ1) is 19.5. The molecule has 0 saturated carbocycles. The number of nitrogens with two attached hydrogens (primary N) is 1. The van der Waals surface area contributed by atoms with Crippen molar-refractivity contribution in [3.05, 3.63) is 35.4 Å². The number of amides is 2. The van der Waals surface area contributed by atoms with E-state index >= 15 is 0 Å². The van der Waals surface area contributed by atoms with Gasteiger partial charge in [0.1, 0.15) is 17.9 Å². The van der Waals surface area contributed by atoms with Crippen LogP contribution in [-0.2, 0) is 19.1 Å². The first-order valence-corrected chi connectivity index (χ1v) is 9.74. The Bertz CT molecular complexity index is 758. The third-order valence-corrected chi connectivity index (χ3v) is 6.02. The zero-order chi connectivity index (χ0) is 19.9. The number of nitrogens with zero attached hydrogens (tertiary/aromatic N) is 1. The Morgan fingerprint density at radius 3 is 2.33 bits per heavy atom. The number of rotatable bonds is 5. The summed E-state index contributed by atoms with van der Waals surface area (Å²) in [5.41, 5.74) is 1.07. The molecule has 27 heavy (non-hydrogen) atoms. The summed E-state index contributed by atoms with van der Waals surface area (Å²) in [6.07, 6.45) is 0. The highest BCUT2D eigenvalue weighted by Crippen LogP contribution is 2.44. The summed E-state index contributed by atoms with van der Waals surface area (Å²) >= 11 is 0. The van der Waals surface area contributed by atoms with Crippen LogP contribution in [0.3, 0.4) is 0 Å². The second-order valence-electron chi connectivity index (χ2n) is 7.94. The van der Waals surface area contributed by atoms with Gasteiger partial charge in [0.25, 0.3) is 0 Å². The summed E-state index contributed by atoms with van der Waals surface area (Å²) in [4.78, 5) is 40.0. The van der Waals surface area contributed by atoms with Crippen LogP contribution in [0, 0.1) is 11.8 Å². The van der Waals surface area contributed by atoms with Gasteiger partial charge < -0.3 is 10.1 Å². The average Bonchev–Trinajstić information content (AvgIpc) is 3.09. The molecule has 6 nitrogen and oxygen atoms in total. The van der Waals surface area contributed by atoms with Gasteiger partial charge >= 0.3 is 5.97 Å². The van der Waals surface area contributed by atoms with Gasteiger partial charge in [0.15, 0.2) is 0 Å². The minimum absolute atomic E-state index is 0.185. The molecule has 2 aliphatic heterocycles. The number of benzene rings is 1. The fourth-order valence-electron chi connectivity index (χ4n) is 4.52. The summed E-state index contributed by atoms with van der Waals surface area (Å²) in [5.74, 6) is -1.71. The SMILES string of the molecule is CCOC(=O)[C@]1(C)[NH2+][C@H](c2ccc(C(C)C)cc2)[C@H]2C(=O)N(CC)C(=O)[C@H]21. The number of quaternary nitrogens is 1. The van der Waals surface area contributed by atoms with E-state index in [-0.39, 0.29) is 24.5 Å². The lowest BCUT2D eigenvalue weighted by Gasteiger charge is -2.25. The number of carbonyl (C=O) groups is 3. The Morgan fingerprint density at radius 2 is 1.81 bits per heavy atom. The van der Waals surface area contributed by atoms with Crippen LogP contribution in [0.15, 0.2) is 24.3 Å². The van der Waals surface area contributed by atoms with Crippen LogP contribution in [0.25, 0.3) is 0 Å². The molecule has 0 unspecified atom stereocenters. The standard InChI is InChI=1S/C21H28N2O4/c1-6-23-18(24)15-16(19(23)25)21(5,20(26)27-7-2)22-17(15)14-10-8-13(9-11-14)12(3)4/h8-12,15-17,22H,6-7H2,1-5H3/p+1/t15-,16-,17+,21+/m0/s1. The number of imide groups is 1. The number of fused-ring (bicyclic) bond motifs is 1. The van der Waals surface area contributed by atoms with Crippen molar-refractivity contribution in [1.29, 1.82) is 0 Å². The van der Waals surface area contributed by atoms with Crippen molar-refractivity contribution in [2.45, 2.75) is 52.1 Å². The number of esters is 1. The second kappa shape index (κ2) is 7.08. The minimum Gasteiger partial charge on any atom is -0.461 e. The Morgan fingerprint density at radius 1 is 1.19 bits per heavy atom. The van der Waals surface area contributed by atoms with Gasteiger partial charge in [-0.3, -0.25) is 14.5 Å². The molecule has 2 amide bonds. The smallest absolute Gasteiger partial charge is 0.368 e. The number of hydrogen-bond acceptors (Lipinski definition) is 4. The lowest BCUT2D eigenvalue weighted by atomic mass is 9.80. The van der Waals surface area contributed by atoms with E-state index in [2.05, 4.69) is 26.0 Å². The molecule has 1 aromatic rings. The third kappa shape index (κ3) is 2.96. The summed E-state index contributed by atoms with van der Waals surface area (Å²) in [5, 5.41) is 1.87. The largest absolute Gasteiger partial charge is 0.461 e. The van der Waals surface area contributed by atoms with E-state index in [1.165, 1.54) is 10.5 Å². The van der Waals surface area contributed by atoms with Crippen LogP contribution in [0.2, 0.25) is 0 Å². The number of carbonyl (C=O) groups excluding carboxylic acids is 3. The maximum Gasteiger partial charge on any atom is 0.368 e. The van der Waals surface area contributed by atoms with Crippen LogP contribution in [0.4, 0.5) is 0 Å². The van der Waals surface area contributed by atoms with Crippen LogP contribution in [0.1, 0.15) is 57.7 Å². The molecule has 0 spiro atoms. The number of likely N-dealkylation sites (tertiary alicyclic amines) is 1. The topological polar surface area (TPSA) is 80.3 Å². The summed E-state index contributed by atoms with van der Waals surface area (Å²) < 4.78 is 5.27. The molecule has 0 aliphatic carbocycles. The molecule has 146 valence electrons. The van der Waals surface area contributed by atoms with Crippen LogP contribution < -0.4 is 5.32 Å². The fourth-order valence-corrected chi connectivity index (χ4v) is 4.52. The zero-order valence-electron chi connectivity index (χ0n) is 16.7. The third-order valence-electron chi connectivity index (χ3n) is 6.02. The Hall–Kier alpha value is -2.21. The molecule has 6 heteroatoms. The molecule has 2 aliphatic rings. The van der Waals surface area contributed by atoms with Crippen LogP contribution >= 0.6 is 0 Å². The van der Waals surface area contributed by atoms with Crippen molar-refractivity contribution < 1.29 is 24.4 Å².